The van der Waals surface area contributed by atoms with Crippen molar-refractivity contribution in [1.82, 2.24) is 9.97 Å². The first-order chi connectivity index (χ1) is 18.9. The summed E-state index contributed by atoms with van der Waals surface area (Å²) in [6.45, 7) is 1.38. The zero-order valence-corrected chi connectivity index (χ0v) is 22.2. The molecule has 39 heavy (non-hydrogen) atoms. The van der Waals surface area contributed by atoms with Crippen LogP contribution < -0.4 is 16.0 Å². The molecule has 0 amide bonds. The first kappa shape index (κ1) is 25.6. The molecule has 0 spiro atoms. The van der Waals surface area contributed by atoms with E-state index in [2.05, 4.69) is 20.2 Å². The van der Waals surface area contributed by atoms with Crippen molar-refractivity contribution in [2.24, 2.45) is 11.7 Å². The number of piperidine rings is 1. The normalized spacial score (nSPS) is 17.4. The van der Waals surface area contributed by atoms with Crippen molar-refractivity contribution in [3.63, 3.8) is 0 Å². The highest BCUT2D eigenvalue weighted by Crippen LogP contribution is 2.40. The van der Waals surface area contributed by atoms with E-state index in [-0.39, 0.29) is 35.1 Å². The molecular weight excluding hydrogens is 514 g/mol. The number of halogens is 1. The Kier molecular flexibility index (Phi) is 6.85. The lowest BCUT2D eigenvalue weighted by Gasteiger charge is -2.31. The van der Waals surface area contributed by atoms with Gasteiger partial charge in [-0.1, -0.05) is 17.7 Å². The van der Waals surface area contributed by atoms with E-state index in [1.807, 2.05) is 30.3 Å². The zero-order valence-electron chi connectivity index (χ0n) is 21.4. The van der Waals surface area contributed by atoms with Crippen molar-refractivity contribution in [3.05, 3.63) is 71.0 Å². The fourth-order valence-corrected chi connectivity index (χ4v) is 5.45. The van der Waals surface area contributed by atoms with Crippen LogP contribution in [0.2, 0.25) is 5.02 Å². The minimum atomic E-state index is -0.340. The third-order valence-corrected chi connectivity index (χ3v) is 7.81. The summed E-state index contributed by atoms with van der Waals surface area (Å²) in [6.07, 6.45) is 7.30. The Labute approximate surface area is 231 Å². The average molecular weight is 544 g/mol. The Morgan fingerprint density at radius 3 is 2.64 bits per heavy atom. The summed E-state index contributed by atoms with van der Waals surface area (Å²) in [7, 11) is 0. The van der Waals surface area contributed by atoms with Crippen molar-refractivity contribution >= 4 is 45.5 Å². The summed E-state index contributed by atoms with van der Waals surface area (Å²) in [5, 5.41) is 24.2. The number of aliphatic hydroxyl groups is 1. The highest BCUT2D eigenvalue weighted by Gasteiger charge is 2.32. The van der Waals surface area contributed by atoms with E-state index in [9.17, 15) is 15.0 Å². The molecule has 0 unspecified atom stereocenters. The molecular formula is C30H30ClN5O3. The molecule has 0 bridgehead atoms. The number of pyridine rings is 2. The highest BCUT2D eigenvalue weighted by atomic mass is 35.5. The van der Waals surface area contributed by atoms with Crippen LogP contribution in [0.5, 0.6) is 5.75 Å². The van der Waals surface area contributed by atoms with Crippen molar-refractivity contribution in [2.45, 2.75) is 38.3 Å². The minimum Gasteiger partial charge on any atom is -0.506 e. The molecule has 6 rings (SSSR count). The number of benzene rings is 2. The molecule has 2 aromatic carbocycles. The van der Waals surface area contributed by atoms with Gasteiger partial charge in [-0.25, -0.2) is 4.98 Å². The molecule has 1 saturated heterocycles. The van der Waals surface area contributed by atoms with Gasteiger partial charge in [0.2, 0.25) is 0 Å². The Balaban J connectivity index is 1.41. The van der Waals surface area contributed by atoms with E-state index >= 15 is 0 Å². The van der Waals surface area contributed by atoms with Crippen LogP contribution in [0.4, 0.5) is 17.2 Å². The topological polar surface area (TPSA) is 125 Å². The SMILES string of the molecule is N[C@H]1CCCN(c2ccc(Nc3c(C(=O)C4CC4)cnc4ccc(-c5cc(Cl)c(O)c(CO)c5)cc34)cn2)C1. The lowest BCUT2D eigenvalue weighted by atomic mass is 9.98. The number of fused-ring (bicyclic) bond motifs is 1. The molecule has 1 aliphatic heterocycles. The molecule has 9 heteroatoms. The van der Waals surface area contributed by atoms with Crippen LogP contribution in [-0.4, -0.2) is 45.1 Å². The maximum absolute atomic E-state index is 13.3. The van der Waals surface area contributed by atoms with Crippen molar-refractivity contribution in [2.75, 3.05) is 23.3 Å². The Morgan fingerprint density at radius 2 is 1.92 bits per heavy atom. The van der Waals surface area contributed by atoms with Gasteiger partial charge in [0.1, 0.15) is 11.6 Å². The Hall–Kier alpha value is -3.72. The number of aromatic hydroxyl groups is 1. The second kappa shape index (κ2) is 10.4. The first-order valence-electron chi connectivity index (χ1n) is 13.2. The number of phenols is 1. The van der Waals surface area contributed by atoms with Gasteiger partial charge in [0.15, 0.2) is 5.78 Å². The lowest BCUT2D eigenvalue weighted by Crippen LogP contribution is -2.43. The minimum absolute atomic E-state index is 0.0276. The summed E-state index contributed by atoms with van der Waals surface area (Å²) in [4.78, 5) is 24.8. The quantitative estimate of drug-likeness (QED) is 0.228. The summed E-state index contributed by atoms with van der Waals surface area (Å²) in [6, 6.07) is 13.2. The summed E-state index contributed by atoms with van der Waals surface area (Å²) in [5.41, 5.74) is 10.8. The summed E-state index contributed by atoms with van der Waals surface area (Å²) >= 11 is 6.24. The third kappa shape index (κ3) is 5.15. The number of ketones is 1. The lowest BCUT2D eigenvalue weighted by molar-refractivity contribution is 0.0968. The van der Waals surface area contributed by atoms with Crippen LogP contribution in [0, 0.1) is 5.92 Å². The molecule has 5 N–H and O–H groups in total. The van der Waals surface area contributed by atoms with Gasteiger partial charge in [-0.3, -0.25) is 9.78 Å². The number of aromatic nitrogens is 2. The molecule has 200 valence electrons. The van der Waals surface area contributed by atoms with E-state index in [1.165, 1.54) is 0 Å². The molecule has 3 heterocycles. The van der Waals surface area contributed by atoms with Gasteiger partial charge in [-0.05, 0) is 73.2 Å². The number of nitrogens with one attached hydrogen (secondary N) is 1. The van der Waals surface area contributed by atoms with Crippen LogP contribution in [0.1, 0.15) is 41.6 Å². The molecule has 2 aliphatic rings. The van der Waals surface area contributed by atoms with E-state index < -0.39 is 0 Å². The smallest absolute Gasteiger partial charge is 0.169 e. The van der Waals surface area contributed by atoms with E-state index in [4.69, 9.17) is 17.3 Å². The van der Waals surface area contributed by atoms with Gasteiger partial charge in [-0.15, -0.1) is 0 Å². The van der Waals surface area contributed by atoms with Crippen LogP contribution in [0.25, 0.3) is 22.0 Å². The second-order valence-electron chi connectivity index (χ2n) is 10.4. The Morgan fingerprint density at radius 1 is 1.08 bits per heavy atom. The molecule has 8 nitrogen and oxygen atoms in total. The monoisotopic (exact) mass is 543 g/mol. The largest absolute Gasteiger partial charge is 0.506 e. The highest BCUT2D eigenvalue weighted by molar-refractivity contribution is 6.32. The van der Waals surface area contributed by atoms with Crippen molar-refractivity contribution in [1.29, 1.82) is 0 Å². The molecule has 1 saturated carbocycles. The number of hydrogen-bond acceptors (Lipinski definition) is 8. The molecule has 4 aromatic rings. The van der Waals surface area contributed by atoms with E-state index in [0.717, 1.165) is 72.3 Å². The molecule has 0 radical (unpaired) electrons. The fraction of sp³-hybridized carbons (Fsp3) is 0.300. The molecule has 1 atom stereocenters. The Bertz CT molecular complexity index is 1560. The number of carbonyl (C=O) groups is 1. The second-order valence-corrected chi connectivity index (χ2v) is 10.8. The molecule has 2 fully saturated rings. The first-order valence-corrected chi connectivity index (χ1v) is 13.6. The standard InChI is InChI=1S/C30H30ClN5O3/c31-25-12-19(10-20(16-37)30(25)39)18-5-7-26-23(11-18)28(24(14-33-26)29(38)17-3-4-17)35-22-6-8-27(34-13-22)36-9-1-2-21(32)15-36/h5-8,10-14,17,21,37,39H,1-4,9,15-16,32H2,(H,33,35)/t21-/m0/s1. The van der Waals surface area contributed by atoms with Gasteiger partial charge in [0.05, 0.1) is 40.3 Å². The van der Waals surface area contributed by atoms with Gasteiger partial charge in [-0.2, -0.15) is 0 Å². The van der Waals surface area contributed by atoms with Crippen LogP contribution >= 0.6 is 11.6 Å². The average Bonchev–Trinajstić information content (AvgIpc) is 3.80. The van der Waals surface area contributed by atoms with Gasteiger partial charge in [0, 0.05) is 42.2 Å². The number of rotatable bonds is 7. The van der Waals surface area contributed by atoms with Crippen LogP contribution in [0.3, 0.4) is 0 Å². The fourth-order valence-electron chi connectivity index (χ4n) is 5.21. The number of nitrogens with zero attached hydrogens (tertiary/aromatic N) is 3. The van der Waals surface area contributed by atoms with Crippen LogP contribution in [0.15, 0.2) is 54.9 Å². The number of nitrogens with two attached hydrogens (primary N) is 1. The predicted octanol–water partition coefficient (Wildman–Crippen LogP) is 5.41. The number of Topliss-reactive ketones (excluding diaryl/α,β-unsaturated/α-hetero) is 1. The maximum Gasteiger partial charge on any atom is 0.169 e. The van der Waals surface area contributed by atoms with Crippen molar-refractivity contribution in [3.8, 4) is 16.9 Å². The van der Waals surface area contributed by atoms with E-state index in [0.29, 0.717) is 16.8 Å². The molecule has 2 aromatic heterocycles. The number of carbonyl (C=O) groups excluding carboxylic acids is 1. The third-order valence-electron chi connectivity index (χ3n) is 7.53. The van der Waals surface area contributed by atoms with Gasteiger partial charge >= 0.3 is 0 Å². The number of anilines is 3. The number of hydrogen-bond donors (Lipinski definition) is 4. The maximum atomic E-state index is 13.3. The van der Waals surface area contributed by atoms with Gasteiger partial charge in [0.25, 0.3) is 0 Å². The molecule has 1 aliphatic carbocycles. The van der Waals surface area contributed by atoms with Crippen molar-refractivity contribution < 1.29 is 15.0 Å². The predicted molar refractivity (Wildman–Crippen MR) is 154 cm³/mol. The zero-order chi connectivity index (χ0) is 27.1. The summed E-state index contributed by atoms with van der Waals surface area (Å²) < 4.78 is 0. The van der Waals surface area contributed by atoms with Gasteiger partial charge < -0.3 is 26.2 Å². The number of aliphatic hydroxyl groups excluding tert-OH is 1. The summed E-state index contributed by atoms with van der Waals surface area (Å²) in [5.74, 6) is 0.863. The van der Waals surface area contributed by atoms with E-state index in [1.54, 1.807) is 24.5 Å². The van der Waals surface area contributed by atoms with Crippen LogP contribution in [-0.2, 0) is 6.61 Å².